The highest BCUT2D eigenvalue weighted by atomic mass is 16.1. The molecule has 1 amide bonds. The average molecular weight is 431 g/mol. The van der Waals surface area contributed by atoms with Crippen molar-refractivity contribution in [3.05, 3.63) is 64.6 Å². The number of carbonyl (C=O) groups excluding carboxylic acids is 1. The minimum absolute atomic E-state index is 0.138. The number of nitrogens with zero attached hydrogens (tertiary/aromatic N) is 5. The zero-order chi connectivity index (χ0) is 23.0. The monoisotopic (exact) mass is 430 g/mol. The second-order valence-corrected chi connectivity index (χ2v) is 8.24. The zero-order valence-corrected chi connectivity index (χ0v) is 19.6. The van der Waals surface area contributed by atoms with E-state index in [4.69, 9.17) is 4.98 Å². The normalized spacial score (nSPS) is 12.3. The second kappa shape index (κ2) is 8.57. The molecule has 3 heterocycles. The van der Waals surface area contributed by atoms with Crippen molar-refractivity contribution >= 4 is 16.9 Å². The van der Waals surface area contributed by atoms with Gasteiger partial charge in [0.2, 0.25) is 0 Å². The van der Waals surface area contributed by atoms with Gasteiger partial charge in [0.15, 0.2) is 5.65 Å². The van der Waals surface area contributed by atoms with Crippen molar-refractivity contribution in [1.29, 1.82) is 0 Å². The number of rotatable bonds is 6. The van der Waals surface area contributed by atoms with Crippen LogP contribution >= 0.6 is 0 Å². The van der Waals surface area contributed by atoms with E-state index in [0.717, 1.165) is 45.8 Å². The van der Waals surface area contributed by atoms with Crippen molar-refractivity contribution in [2.24, 2.45) is 0 Å². The van der Waals surface area contributed by atoms with Crippen LogP contribution in [0.4, 0.5) is 0 Å². The van der Waals surface area contributed by atoms with E-state index in [1.165, 1.54) is 5.56 Å². The number of amides is 1. The first-order valence-corrected chi connectivity index (χ1v) is 11.1. The highest BCUT2D eigenvalue weighted by Gasteiger charge is 2.22. The summed E-state index contributed by atoms with van der Waals surface area (Å²) in [5.74, 6) is -0.138. The summed E-state index contributed by atoms with van der Waals surface area (Å²) in [6.45, 7) is 13.5. The lowest BCUT2D eigenvalue weighted by atomic mass is 10.0. The van der Waals surface area contributed by atoms with Crippen LogP contribution < -0.4 is 5.32 Å². The lowest BCUT2D eigenvalue weighted by Crippen LogP contribution is -2.27. The number of pyridine rings is 1. The summed E-state index contributed by atoms with van der Waals surface area (Å²) in [6, 6.07) is 9.90. The molecular formula is C25H30N6O. The van der Waals surface area contributed by atoms with Crippen LogP contribution in [0.15, 0.2) is 36.5 Å². The third kappa shape index (κ3) is 3.90. The molecule has 32 heavy (non-hydrogen) atoms. The standard InChI is InChI=1S/C25H30N6O/c1-7-30-14-21(17(5)28-30)16(4)26-25(32)20-13-22(19-11-9-15(3)10-12-19)27-24-23(20)18(6)29-31(24)8-2/h9-14,16H,7-8H2,1-6H3,(H,26,32)/t16-/m0/s1. The molecule has 7 nitrogen and oxygen atoms in total. The molecule has 0 aliphatic carbocycles. The van der Waals surface area contributed by atoms with E-state index in [1.54, 1.807) is 0 Å². The van der Waals surface area contributed by atoms with E-state index >= 15 is 0 Å². The molecule has 0 spiro atoms. The van der Waals surface area contributed by atoms with E-state index < -0.39 is 0 Å². The molecule has 0 fully saturated rings. The van der Waals surface area contributed by atoms with Crippen LogP contribution in [0.1, 0.15) is 59.7 Å². The van der Waals surface area contributed by atoms with E-state index in [1.807, 2.05) is 68.4 Å². The van der Waals surface area contributed by atoms with Crippen molar-refractivity contribution in [2.75, 3.05) is 0 Å². The fourth-order valence-corrected chi connectivity index (χ4v) is 4.10. The maximum absolute atomic E-state index is 13.5. The Hall–Kier alpha value is -3.48. The van der Waals surface area contributed by atoms with E-state index in [9.17, 15) is 4.79 Å². The first kappa shape index (κ1) is 21.7. The molecule has 0 aliphatic heterocycles. The average Bonchev–Trinajstić information content (AvgIpc) is 3.32. The van der Waals surface area contributed by atoms with Gasteiger partial charge in [0.25, 0.3) is 5.91 Å². The van der Waals surface area contributed by atoms with Crippen molar-refractivity contribution in [3.63, 3.8) is 0 Å². The third-order valence-corrected chi connectivity index (χ3v) is 5.89. The molecule has 3 aromatic heterocycles. The molecule has 1 aromatic carbocycles. The largest absolute Gasteiger partial charge is 0.345 e. The Morgan fingerprint density at radius 1 is 1.03 bits per heavy atom. The van der Waals surface area contributed by atoms with Crippen molar-refractivity contribution < 1.29 is 4.79 Å². The number of carbonyl (C=O) groups is 1. The summed E-state index contributed by atoms with van der Waals surface area (Å²) >= 11 is 0. The van der Waals surface area contributed by atoms with Gasteiger partial charge in [-0.3, -0.25) is 9.48 Å². The molecule has 0 unspecified atom stereocenters. The lowest BCUT2D eigenvalue weighted by molar-refractivity contribution is 0.0941. The van der Waals surface area contributed by atoms with Gasteiger partial charge in [-0.25, -0.2) is 9.67 Å². The quantitative estimate of drug-likeness (QED) is 0.479. The summed E-state index contributed by atoms with van der Waals surface area (Å²) in [5, 5.41) is 13.1. The molecule has 1 atom stereocenters. The van der Waals surface area contributed by atoms with E-state index in [0.29, 0.717) is 12.1 Å². The summed E-state index contributed by atoms with van der Waals surface area (Å²) in [6.07, 6.45) is 2.00. The minimum atomic E-state index is -0.171. The van der Waals surface area contributed by atoms with Gasteiger partial charge in [0.05, 0.1) is 34.1 Å². The smallest absolute Gasteiger partial charge is 0.252 e. The minimum Gasteiger partial charge on any atom is -0.345 e. The molecule has 4 aromatic rings. The Morgan fingerprint density at radius 3 is 2.38 bits per heavy atom. The number of benzene rings is 1. The fourth-order valence-electron chi connectivity index (χ4n) is 4.10. The summed E-state index contributed by atoms with van der Waals surface area (Å²) in [7, 11) is 0. The molecule has 0 saturated carbocycles. The van der Waals surface area contributed by atoms with Crippen LogP contribution in [0, 0.1) is 20.8 Å². The van der Waals surface area contributed by atoms with Gasteiger partial charge < -0.3 is 5.32 Å². The highest BCUT2D eigenvalue weighted by molar-refractivity contribution is 6.07. The van der Waals surface area contributed by atoms with Crippen LogP contribution in [0.3, 0.4) is 0 Å². The van der Waals surface area contributed by atoms with Gasteiger partial charge in [-0.1, -0.05) is 29.8 Å². The highest BCUT2D eigenvalue weighted by Crippen LogP contribution is 2.28. The van der Waals surface area contributed by atoms with Crippen molar-refractivity contribution in [1.82, 2.24) is 29.9 Å². The van der Waals surface area contributed by atoms with Gasteiger partial charge in [0, 0.05) is 30.4 Å². The number of aryl methyl sites for hydroxylation is 5. The molecule has 166 valence electrons. The van der Waals surface area contributed by atoms with Gasteiger partial charge in [-0.05, 0) is 47.6 Å². The zero-order valence-electron chi connectivity index (χ0n) is 19.6. The fraction of sp³-hybridized carbons (Fsp3) is 0.360. The molecule has 0 radical (unpaired) electrons. The Kier molecular flexibility index (Phi) is 5.82. The number of hydrogen-bond acceptors (Lipinski definition) is 4. The molecule has 1 N–H and O–H groups in total. The molecule has 0 aliphatic rings. The van der Waals surface area contributed by atoms with Crippen LogP contribution in [-0.2, 0) is 13.1 Å². The van der Waals surface area contributed by atoms with Crippen LogP contribution in [-0.4, -0.2) is 30.5 Å². The Labute approximate surface area is 188 Å². The maximum atomic E-state index is 13.5. The Bertz CT molecular complexity index is 1280. The van der Waals surface area contributed by atoms with Gasteiger partial charge >= 0.3 is 0 Å². The number of aromatic nitrogens is 5. The first-order valence-electron chi connectivity index (χ1n) is 11.1. The van der Waals surface area contributed by atoms with Crippen LogP contribution in [0.25, 0.3) is 22.3 Å². The number of hydrogen-bond donors (Lipinski definition) is 1. The molecule has 4 rings (SSSR count). The predicted molar refractivity (Wildman–Crippen MR) is 127 cm³/mol. The van der Waals surface area contributed by atoms with Gasteiger partial charge in [-0.15, -0.1) is 0 Å². The second-order valence-electron chi connectivity index (χ2n) is 8.24. The van der Waals surface area contributed by atoms with Crippen LogP contribution in [0.5, 0.6) is 0 Å². The van der Waals surface area contributed by atoms with Gasteiger partial charge in [0.1, 0.15) is 0 Å². The lowest BCUT2D eigenvalue weighted by Gasteiger charge is -2.15. The van der Waals surface area contributed by atoms with Crippen molar-refractivity contribution in [2.45, 2.75) is 60.7 Å². The summed E-state index contributed by atoms with van der Waals surface area (Å²) in [5.41, 5.74) is 6.99. The molecular weight excluding hydrogens is 400 g/mol. The van der Waals surface area contributed by atoms with E-state index in [2.05, 4.69) is 34.6 Å². The molecule has 0 bridgehead atoms. The number of nitrogens with one attached hydrogen (secondary N) is 1. The van der Waals surface area contributed by atoms with E-state index in [-0.39, 0.29) is 11.9 Å². The molecule has 7 heteroatoms. The van der Waals surface area contributed by atoms with Crippen LogP contribution in [0.2, 0.25) is 0 Å². The summed E-state index contributed by atoms with van der Waals surface area (Å²) < 4.78 is 3.75. The maximum Gasteiger partial charge on any atom is 0.252 e. The SMILES string of the molecule is CCn1cc([C@H](C)NC(=O)c2cc(-c3ccc(C)cc3)nc3c2c(C)nn3CC)c(C)n1. The van der Waals surface area contributed by atoms with Gasteiger partial charge in [-0.2, -0.15) is 10.2 Å². The predicted octanol–water partition coefficient (Wildman–Crippen LogP) is 4.75. The first-order chi connectivity index (χ1) is 15.3. The summed E-state index contributed by atoms with van der Waals surface area (Å²) in [4.78, 5) is 18.4. The number of fused-ring (bicyclic) bond motifs is 1. The third-order valence-electron chi connectivity index (χ3n) is 5.89. The molecule has 0 saturated heterocycles. The Morgan fingerprint density at radius 2 is 1.75 bits per heavy atom. The van der Waals surface area contributed by atoms with Crippen molar-refractivity contribution in [3.8, 4) is 11.3 Å². The topological polar surface area (TPSA) is 77.6 Å². The Balaban J connectivity index is 1.79.